The van der Waals surface area contributed by atoms with Gasteiger partial charge in [-0.05, 0) is 34.1 Å². The van der Waals surface area contributed by atoms with E-state index in [1.165, 1.54) is 0 Å². The third-order valence-corrected chi connectivity index (χ3v) is 2.34. The first-order valence-electron chi connectivity index (χ1n) is 4.68. The van der Waals surface area contributed by atoms with Crippen molar-refractivity contribution in [1.82, 2.24) is 9.97 Å². The molecule has 2 heterocycles. The van der Waals surface area contributed by atoms with E-state index in [1.807, 2.05) is 6.07 Å². The summed E-state index contributed by atoms with van der Waals surface area (Å²) < 4.78 is 6.40. The molecule has 2 N–H and O–H groups in total. The molecule has 0 radical (unpaired) electrons. The molecule has 2 aromatic rings. The number of aromatic nitrogens is 2. The van der Waals surface area contributed by atoms with Gasteiger partial charge in [-0.15, -0.1) is 0 Å². The number of rotatable bonds is 3. The van der Waals surface area contributed by atoms with Crippen LogP contribution in [0.1, 0.15) is 5.69 Å². The summed E-state index contributed by atoms with van der Waals surface area (Å²) in [5, 5.41) is 0. The molecule has 0 bridgehead atoms. The first-order chi connectivity index (χ1) is 7.74. The number of nitrogens with two attached hydrogens (primary N) is 1. The lowest BCUT2D eigenvalue weighted by Crippen LogP contribution is -1.99. The monoisotopic (exact) mass is 279 g/mol. The molecule has 0 aromatic carbocycles. The Kier molecular flexibility index (Phi) is 3.36. The number of hydrogen-bond donors (Lipinski definition) is 1. The average molecular weight is 280 g/mol. The highest BCUT2D eigenvalue weighted by atomic mass is 79.9. The van der Waals surface area contributed by atoms with E-state index in [1.54, 1.807) is 30.7 Å². The molecule has 0 spiro atoms. The Morgan fingerprint density at radius 3 is 2.94 bits per heavy atom. The van der Waals surface area contributed by atoms with Gasteiger partial charge < -0.3 is 10.5 Å². The highest BCUT2D eigenvalue weighted by molar-refractivity contribution is 9.10. The van der Waals surface area contributed by atoms with Crippen molar-refractivity contribution in [2.75, 3.05) is 5.73 Å². The van der Waals surface area contributed by atoms with Gasteiger partial charge in [-0.25, -0.2) is 0 Å². The molecule has 0 aliphatic rings. The van der Waals surface area contributed by atoms with E-state index in [-0.39, 0.29) is 0 Å². The lowest BCUT2D eigenvalue weighted by molar-refractivity contribution is 0.300. The minimum atomic E-state index is 0.378. The van der Waals surface area contributed by atoms with Crippen molar-refractivity contribution in [3.8, 4) is 5.75 Å². The zero-order valence-corrected chi connectivity index (χ0v) is 10.0. The standard InChI is InChI=1S/C11H10BrN3O/c12-8-3-11(6-14-5-8)16-7-10-4-9(13)1-2-15-10/h1-6H,7H2,(H2,13,15). The van der Waals surface area contributed by atoms with Gasteiger partial charge in [0, 0.05) is 22.6 Å². The maximum Gasteiger partial charge on any atom is 0.139 e. The first kappa shape index (κ1) is 10.9. The Bertz CT molecular complexity index is 445. The predicted molar refractivity (Wildman–Crippen MR) is 64.9 cm³/mol. The van der Waals surface area contributed by atoms with Gasteiger partial charge in [-0.3, -0.25) is 9.97 Å². The smallest absolute Gasteiger partial charge is 0.139 e. The van der Waals surface area contributed by atoms with E-state index in [0.717, 1.165) is 10.2 Å². The van der Waals surface area contributed by atoms with Crippen molar-refractivity contribution >= 4 is 21.6 Å². The lowest BCUT2D eigenvalue weighted by Gasteiger charge is -2.05. The number of ether oxygens (including phenoxy) is 1. The van der Waals surface area contributed by atoms with Crippen LogP contribution in [0.15, 0.2) is 41.3 Å². The van der Waals surface area contributed by atoms with E-state index < -0.39 is 0 Å². The highest BCUT2D eigenvalue weighted by Gasteiger charge is 1.98. The van der Waals surface area contributed by atoms with Crippen molar-refractivity contribution in [2.45, 2.75) is 6.61 Å². The summed E-state index contributed by atoms with van der Waals surface area (Å²) in [5.41, 5.74) is 7.11. The molecule has 16 heavy (non-hydrogen) atoms. The number of nitrogen functional groups attached to an aromatic ring is 1. The molecule has 0 saturated carbocycles. The summed E-state index contributed by atoms with van der Waals surface area (Å²) in [4.78, 5) is 8.14. The number of anilines is 1. The van der Waals surface area contributed by atoms with E-state index in [0.29, 0.717) is 18.0 Å². The Labute approximate surface area is 102 Å². The van der Waals surface area contributed by atoms with Gasteiger partial charge in [-0.2, -0.15) is 0 Å². The molecular formula is C11H10BrN3O. The summed E-state index contributed by atoms with van der Waals surface area (Å²) in [6.07, 6.45) is 5.01. The molecule has 0 aliphatic heterocycles. The van der Waals surface area contributed by atoms with Gasteiger partial charge >= 0.3 is 0 Å². The van der Waals surface area contributed by atoms with Gasteiger partial charge in [0.25, 0.3) is 0 Å². The van der Waals surface area contributed by atoms with Crippen LogP contribution in [0.5, 0.6) is 5.75 Å². The van der Waals surface area contributed by atoms with E-state index in [9.17, 15) is 0 Å². The Hall–Kier alpha value is -1.62. The minimum absolute atomic E-state index is 0.378. The lowest BCUT2D eigenvalue weighted by atomic mass is 10.3. The van der Waals surface area contributed by atoms with Crippen molar-refractivity contribution in [1.29, 1.82) is 0 Å². The Balaban J connectivity index is 2.02. The van der Waals surface area contributed by atoms with Crippen LogP contribution in [0.25, 0.3) is 0 Å². The maximum absolute atomic E-state index is 5.64. The van der Waals surface area contributed by atoms with E-state index in [4.69, 9.17) is 10.5 Å². The molecule has 2 rings (SSSR count). The summed E-state index contributed by atoms with van der Waals surface area (Å²) in [6.45, 7) is 0.378. The summed E-state index contributed by atoms with van der Waals surface area (Å²) in [5.74, 6) is 0.693. The zero-order valence-electron chi connectivity index (χ0n) is 8.43. The van der Waals surface area contributed by atoms with Crippen molar-refractivity contribution < 1.29 is 4.74 Å². The second-order valence-corrected chi connectivity index (χ2v) is 4.12. The average Bonchev–Trinajstić information content (AvgIpc) is 2.27. The second kappa shape index (κ2) is 4.94. The van der Waals surface area contributed by atoms with Crippen molar-refractivity contribution in [2.24, 2.45) is 0 Å². The van der Waals surface area contributed by atoms with Crippen LogP contribution in [0, 0.1) is 0 Å². The highest BCUT2D eigenvalue weighted by Crippen LogP contribution is 2.17. The molecule has 0 aliphatic carbocycles. The van der Waals surface area contributed by atoms with Crippen LogP contribution in [0.4, 0.5) is 5.69 Å². The van der Waals surface area contributed by atoms with Gasteiger partial charge in [0.15, 0.2) is 0 Å². The summed E-state index contributed by atoms with van der Waals surface area (Å²) in [7, 11) is 0. The topological polar surface area (TPSA) is 61.0 Å². The van der Waals surface area contributed by atoms with Crippen LogP contribution in [0.3, 0.4) is 0 Å². The predicted octanol–water partition coefficient (Wildman–Crippen LogP) is 2.40. The van der Waals surface area contributed by atoms with Crippen LogP contribution in [-0.4, -0.2) is 9.97 Å². The van der Waals surface area contributed by atoms with Crippen LogP contribution in [-0.2, 0) is 6.61 Å². The fourth-order valence-corrected chi connectivity index (χ4v) is 1.55. The van der Waals surface area contributed by atoms with E-state index >= 15 is 0 Å². The molecule has 0 atom stereocenters. The first-order valence-corrected chi connectivity index (χ1v) is 5.47. The zero-order chi connectivity index (χ0) is 11.4. The summed E-state index contributed by atoms with van der Waals surface area (Å²) >= 11 is 3.32. The Morgan fingerprint density at radius 2 is 2.19 bits per heavy atom. The van der Waals surface area contributed by atoms with Crippen LogP contribution < -0.4 is 10.5 Å². The molecule has 4 nitrogen and oxygen atoms in total. The number of halogens is 1. The van der Waals surface area contributed by atoms with Gasteiger partial charge in [0.05, 0.1) is 11.9 Å². The molecule has 82 valence electrons. The number of nitrogens with zero attached hydrogens (tertiary/aromatic N) is 2. The maximum atomic E-state index is 5.64. The quantitative estimate of drug-likeness (QED) is 0.937. The summed E-state index contributed by atoms with van der Waals surface area (Å²) in [6, 6.07) is 5.37. The second-order valence-electron chi connectivity index (χ2n) is 3.21. The normalized spacial score (nSPS) is 10.1. The molecule has 0 saturated heterocycles. The van der Waals surface area contributed by atoms with Crippen molar-refractivity contribution in [3.63, 3.8) is 0 Å². The number of pyridine rings is 2. The van der Waals surface area contributed by atoms with Crippen LogP contribution >= 0.6 is 15.9 Å². The molecule has 5 heteroatoms. The minimum Gasteiger partial charge on any atom is -0.486 e. The number of hydrogen-bond acceptors (Lipinski definition) is 4. The van der Waals surface area contributed by atoms with Crippen LogP contribution in [0.2, 0.25) is 0 Å². The molecule has 0 unspecified atom stereocenters. The molecule has 2 aromatic heterocycles. The SMILES string of the molecule is Nc1ccnc(COc2cncc(Br)c2)c1. The fraction of sp³-hybridized carbons (Fsp3) is 0.0909. The third kappa shape index (κ3) is 2.93. The molecular weight excluding hydrogens is 270 g/mol. The van der Waals surface area contributed by atoms with Gasteiger partial charge in [0.2, 0.25) is 0 Å². The van der Waals surface area contributed by atoms with E-state index in [2.05, 4.69) is 25.9 Å². The van der Waals surface area contributed by atoms with Crippen molar-refractivity contribution in [3.05, 3.63) is 47.0 Å². The van der Waals surface area contributed by atoms with Gasteiger partial charge in [-0.1, -0.05) is 0 Å². The third-order valence-electron chi connectivity index (χ3n) is 1.91. The van der Waals surface area contributed by atoms with Gasteiger partial charge in [0.1, 0.15) is 12.4 Å². The molecule has 0 amide bonds. The molecule has 0 fully saturated rings. The fourth-order valence-electron chi connectivity index (χ4n) is 1.20. The Morgan fingerprint density at radius 1 is 1.31 bits per heavy atom. The largest absolute Gasteiger partial charge is 0.486 e.